The first-order chi connectivity index (χ1) is 8.77. The minimum Gasteiger partial charge on any atom is -0.366 e. The molecule has 3 rings (SSSR count). The highest BCUT2D eigenvalue weighted by Crippen LogP contribution is 2.27. The molecule has 0 saturated carbocycles. The molecule has 1 aliphatic heterocycles. The molecule has 3 N–H and O–H groups in total. The van der Waals surface area contributed by atoms with Crippen LogP contribution in [0.3, 0.4) is 0 Å². The number of nitrogens with two attached hydrogens (primary N) is 1. The lowest BCUT2D eigenvalue weighted by atomic mass is 10.1. The van der Waals surface area contributed by atoms with Crippen LogP contribution < -0.4 is 11.1 Å². The summed E-state index contributed by atoms with van der Waals surface area (Å²) >= 11 is 0. The van der Waals surface area contributed by atoms with E-state index in [2.05, 4.69) is 22.1 Å². The van der Waals surface area contributed by atoms with Gasteiger partial charge in [0.2, 0.25) is 0 Å². The summed E-state index contributed by atoms with van der Waals surface area (Å²) in [4.78, 5) is 11.5. The van der Waals surface area contributed by atoms with Crippen molar-refractivity contribution in [2.75, 3.05) is 13.1 Å². The standard InChI is InChI=1S/C14H17N3O/c15-14(18)12-3-1-2-10-6-9-17(13(10)12)11-4-7-16-8-5-11/h1-3,6,9,11,16H,4-5,7-8H2,(H2,15,18). The van der Waals surface area contributed by atoms with Gasteiger partial charge in [0.1, 0.15) is 0 Å². The van der Waals surface area contributed by atoms with Crippen LogP contribution >= 0.6 is 0 Å². The molecule has 18 heavy (non-hydrogen) atoms. The van der Waals surface area contributed by atoms with Crippen molar-refractivity contribution in [1.82, 2.24) is 9.88 Å². The van der Waals surface area contributed by atoms with E-state index in [4.69, 9.17) is 5.73 Å². The van der Waals surface area contributed by atoms with Gasteiger partial charge in [0.25, 0.3) is 5.91 Å². The number of carbonyl (C=O) groups excluding carboxylic acids is 1. The highest BCUT2D eigenvalue weighted by molar-refractivity contribution is 6.05. The van der Waals surface area contributed by atoms with Gasteiger partial charge in [-0.1, -0.05) is 12.1 Å². The maximum Gasteiger partial charge on any atom is 0.250 e. The molecule has 1 fully saturated rings. The van der Waals surface area contributed by atoms with Crippen LogP contribution in [0.5, 0.6) is 0 Å². The molecule has 1 aromatic carbocycles. The average Bonchev–Trinajstić information content (AvgIpc) is 2.83. The Morgan fingerprint density at radius 3 is 2.78 bits per heavy atom. The molecule has 0 spiro atoms. The summed E-state index contributed by atoms with van der Waals surface area (Å²) < 4.78 is 2.22. The maximum atomic E-state index is 11.5. The molecule has 1 saturated heterocycles. The zero-order valence-electron chi connectivity index (χ0n) is 10.2. The van der Waals surface area contributed by atoms with Crippen molar-refractivity contribution in [3.8, 4) is 0 Å². The van der Waals surface area contributed by atoms with Crippen molar-refractivity contribution >= 4 is 16.8 Å². The number of nitrogens with zero attached hydrogens (tertiary/aromatic N) is 1. The summed E-state index contributed by atoms with van der Waals surface area (Å²) in [5, 5.41) is 4.44. The van der Waals surface area contributed by atoms with E-state index >= 15 is 0 Å². The zero-order valence-corrected chi connectivity index (χ0v) is 10.2. The second-order valence-electron chi connectivity index (χ2n) is 4.81. The summed E-state index contributed by atoms with van der Waals surface area (Å²) in [6.45, 7) is 2.06. The fourth-order valence-electron chi connectivity index (χ4n) is 2.81. The van der Waals surface area contributed by atoms with Gasteiger partial charge in [0.05, 0.1) is 11.1 Å². The maximum absolute atomic E-state index is 11.5. The number of fused-ring (bicyclic) bond motifs is 1. The number of benzene rings is 1. The van der Waals surface area contributed by atoms with Gasteiger partial charge in [0.15, 0.2) is 0 Å². The van der Waals surface area contributed by atoms with Gasteiger partial charge in [-0.25, -0.2) is 0 Å². The van der Waals surface area contributed by atoms with Crippen molar-refractivity contribution in [3.05, 3.63) is 36.0 Å². The zero-order chi connectivity index (χ0) is 12.5. The second-order valence-corrected chi connectivity index (χ2v) is 4.81. The Morgan fingerprint density at radius 1 is 1.28 bits per heavy atom. The Bertz CT molecular complexity index is 582. The second kappa shape index (κ2) is 4.46. The molecule has 1 aliphatic rings. The van der Waals surface area contributed by atoms with Crippen LogP contribution in [-0.2, 0) is 0 Å². The number of hydrogen-bond acceptors (Lipinski definition) is 2. The van der Waals surface area contributed by atoms with Crippen molar-refractivity contribution < 1.29 is 4.79 Å². The topological polar surface area (TPSA) is 60.1 Å². The summed E-state index contributed by atoms with van der Waals surface area (Å²) in [5.41, 5.74) is 7.08. The highest BCUT2D eigenvalue weighted by atomic mass is 16.1. The van der Waals surface area contributed by atoms with Crippen LogP contribution in [0.4, 0.5) is 0 Å². The summed E-state index contributed by atoms with van der Waals surface area (Å²) in [6.07, 6.45) is 4.26. The minimum absolute atomic E-state index is 0.352. The Balaban J connectivity index is 2.14. The molecule has 4 nitrogen and oxygen atoms in total. The van der Waals surface area contributed by atoms with Crippen molar-refractivity contribution in [3.63, 3.8) is 0 Å². The molecule has 2 aromatic rings. The Kier molecular flexibility index (Phi) is 2.80. The molecule has 4 heteroatoms. The van der Waals surface area contributed by atoms with Crippen molar-refractivity contribution in [1.29, 1.82) is 0 Å². The third kappa shape index (κ3) is 1.78. The van der Waals surface area contributed by atoms with Crippen LogP contribution in [0.15, 0.2) is 30.5 Å². The first kappa shape index (κ1) is 11.3. The first-order valence-corrected chi connectivity index (χ1v) is 6.37. The number of nitrogens with one attached hydrogen (secondary N) is 1. The number of hydrogen-bond donors (Lipinski definition) is 2. The van der Waals surface area contributed by atoms with Gasteiger partial charge in [-0.05, 0) is 38.1 Å². The number of para-hydroxylation sites is 1. The Hall–Kier alpha value is -1.81. The predicted molar refractivity (Wildman–Crippen MR) is 71.6 cm³/mol. The van der Waals surface area contributed by atoms with Gasteiger partial charge >= 0.3 is 0 Å². The minimum atomic E-state index is -0.352. The third-order valence-corrected chi connectivity index (χ3v) is 3.71. The lowest BCUT2D eigenvalue weighted by molar-refractivity contribution is 0.100. The van der Waals surface area contributed by atoms with E-state index in [-0.39, 0.29) is 5.91 Å². The first-order valence-electron chi connectivity index (χ1n) is 6.37. The molecule has 0 bridgehead atoms. The molecule has 2 heterocycles. The molecular weight excluding hydrogens is 226 g/mol. The van der Waals surface area contributed by atoms with Crippen molar-refractivity contribution in [2.24, 2.45) is 5.73 Å². The van der Waals surface area contributed by atoms with E-state index in [1.807, 2.05) is 18.2 Å². The van der Waals surface area contributed by atoms with Crippen LogP contribution in [-0.4, -0.2) is 23.6 Å². The number of piperidine rings is 1. The smallest absolute Gasteiger partial charge is 0.250 e. The third-order valence-electron chi connectivity index (χ3n) is 3.71. The van der Waals surface area contributed by atoms with E-state index in [1.165, 1.54) is 0 Å². The highest BCUT2D eigenvalue weighted by Gasteiger charge is 2.18. The number of primary amides is 1. The van der Waals surface area contributed by atoms with E-state index in [0.29, 0.717) is 11.6 Å². The summed E-state index contributed by atoms with van der Waals surface area (Å²) in [7, 11) is 0. The lowest BCUT2D eigenvalue weighted by Gasteiger charge is -2.25. The van der Waals surface area contributed by atoms with Crippen molar-refractivity contribution in [2.45, 2.75) is 18.9 Å². The van der Waals surface area contributed by atoms with E-state index in [9.17, 15) is 4.79 Å². The lowest BCUT2D eigenvalue weighted by Crippen LogP contribution is -2.29. The average molecular weight is 243 g/mol. The monoisotopic (exact) mass is 243 g/mol. The number of carbonyl (C=O) groups is 1. The van der Waals surface area contributed by atoms with Gasteiger partial charge in [0, 0.05) is 17.6 Å². The van der Waals surface area contributed by atoms with Gasteiger partial charge in [-0.2, -0.15) is 0 Å². The molecule has 0 radical (unpaired) electrons. The fraction of sp³-hybridized carbons (Fsp3) is 0.357. The molecule has 94 valence electrons. The largest absolute Gasteiger partial charge is 0.366 e. The molecule has 0 unspecified atom stereocenters. The Morgan fingerprint density at radius 2 is 2.06 bits per heavy atom. The van der Waals surface area contributed by atoms with Crippen LogP contribution in [0, 0.1) is 0 Å². The van der Waals surface area contributed by atoms with Gasteiger partial charge in [-0.3, -0.25) is 4.79 Å². The number of rotatable bonds is 2. The quantitative estimate of drug-likeness (QED) is 0.842. The van der Waals surface area contributed by atoms with Gasteiger partial charge in [-0.15, -0.1) is 0 Å². The predicted octanol–water partition coefficient (Wildman–Crippen LogP) is 1.66. The van der Waals surface area contributed by atoms with Gasteiger partial charge < -0.3 is 15.6 Å². The number of amides is 1. The SMILES string of the molecule is NC(=O)c1cccc2ccn(C3CCNCC3)c12. The summed E-state index contributed by atoms with van der Waals surface area (Å²) in [6, 6.07) is 8.24. The fourth-order valence-corrected chi connectivity index (χ4v) is 2.81. The molecule has 0 aliphatic carbocycles. The van der Waals surface area contributed by atoms with Crippen LogP contribution in [0.1, 0.15) is 29.2 Å². The van der Waals surface area contributed by atoms with Crippen LogP contribution in [0.2, 0.25) is 0 Å². The van der Waals surface area contributed by atoms with E-state index < -0.39 is 0 Å². The molecule has 1 amide bonds. The van der Waals surface area contributed by atoms with E-state index in [0.717, 1.165) is 36.8 Å². The Labute approximate surface area is 106 Å². The molecular formula is C14H17N3O. The number of aromatic nitrogens is 1. The molecule has 0 atom stereocenters. The van der Waals surface area contributed by atoms with Crippen LogP contribution in [0.25, 0.3) is 10.9 Å². The molecule has 1 aromatic heterocycles. The van der Waals surface area contributed by atoms with E-state index in [1.54, 1.807) is 0 Å². The summed E-state index contributed by atoms with van der Waals surface area (Å²) in [5.74, 6) is -0.352. The normalized spacial score (nSPS) is 17.1.